The molecular weight excluding hydrogens is 426 g/mol. The molecule has 32 heavy (non-hydrogen) atoms. The van der Waals surface area contributed by atoms with Crippen LogP contribution in [0.1, 0.15) is 17.5 Å². The average Bonchev–Trinajstić information content (AvgIpc) is 3.26. The summed E-state index contributed by atoms with van der Waals surface area (Å²) in [6.45, 7) is 1.15. The minimum absolute atomic E-state index is 0.0291. The summed E-state index contributed by atoms with van der Waals surface area (Å²) in [7, 11) is -0.924. The number of fused-ring (bicyclic) bond motifs is 1. The molecule has 1 aliphatic heterocycles. The molecule has 0 aliphatic carbocycles. The molecule has 1 aromatic heterocycles. The standard InChI is InChI=1S/C24H25N3O4S/c1-25-32(29,30)23-15-17(7-9-22(23)31-2)8-10-24(28)27-13-11-18(12-14-27)20-16-26-21-6-4-3-5-19(20)21/h3-11,15-16,25-26H,12-14H2,1-2H3/b10-8+. The number of H-pyrrole nitrogens is 1. The third kappa shape index (κ3) is 4.32. The summed E-state index contributed by atoms with van der Waals surface area (Å²) in [4.78, 5) is 17.8. The zero-order valence-corrected chi connectivity index (χ0v) is 18.8. The van der Waals surface area contributed by atoms with Crippen molar-refractivity contribution in [3.8, 4) is 5.75 Å². The third-order valence-corrected chi connectivity index (χ3v) is 7.06. The van der Waals surface area contributed by atoms with Crippen molar-refractivity contribution in [2.45, 2.75) is 11.3 Å². The Morgan fingerprint density at radius 2 is 2.03 bits per heavy atom. The van der Waals surface area contributed by atoms with Gasteiger partial charge in [-0.15, -0.1) is 0 Å². The van der Waals surface area contributed by atoms with Crippen molar-refractivity contribution in [3.63, 3.8) is 0 Å². The van der Waals surface area contributed by atoms with E-state index in [0.29, 0.717) is 18.7 Å². The first-order valence-electron chi connectivity index (χ1n) is 10.3. The molecule has 0 atom stereocenters. The molecule has 3 aromatic rings. The number of benzene rings is 2. The molecule has 0 fully saturated rings. The molecule has 1 amide bonds. The molecule has 0 bridgehead atoms. The van der Waals surface area contributed by atoms with Crippen LogP contribution >= 0.6 is 0 Å². The van der Waals surface area contributed by atoms with Crippen molar-refractivity contribution in [2.24, 2.45) is 0 Å². The Kier molecular flexibility index (Phi) is 6.16. The fraction of sp³-hybridized carbons (Fsp3) is 0.208. The lowest BCUT2D eigenvalue weighted by molar-refractivity contribution is -0.125. The first kappa shape index (κ1) is 21.9. The summed E-state index contributed by atoms with van der Waals surface area (Å²) in [5.74, 6) is 0.127. The molecule has 1 aliphatic rings. The Hall–Kier alpha value is -3.36. The van der Waals surface area contributed by atoms with Crippen LogP contribution in [0.2, 0.25) is 0 Å². The van der Waals surface area contributed by atoms with E-state index in [1.807, 2.05) is 18.3 Å². The van der Waals surface area contributed by atoms with E-state index < -0.39 is 10.0 Å². The van der Waals surface area contributed by atoms with Gasteiger partial charge in [0.2, 0.25) is 15.9 Å². The Balaban J connectivity index is 1.48. The highest BCUT2D eigenvalue weighted by Crippen LogP contribution is 2.29. The molecule has 7 nitrogen and oxygen atoms in total. The quantitative estimate of drug-likeness (QED) is 0.562. The van der Waals surface area contributed by atoms with Crippen molar-refractivity contribution < 1.29 is 17.9 Å². The van der Waals surface area contributed by atoms with Gasteiger partial charge in [0.25, 0.3) is 0 Å². The van der Waals surface area contributed by atoms with Crippen LogP contribution < -0.4 is 9.46 Å². The van der Waals surface area contributed by atoms with Crippen LogP contribution in [0.25, 0.3) is 22.6 Å². The number of para-hydroxylation sites is 1. The van der Waals surface area contributed by atoms with Crippen molar-refractivity contribution in [2.75, 3.05) is 27.2 Å². The normalized spacial score (nSPS) is 14.7. The molecule has 166 valence electrons. The predicted molar refractivity (Wildman–Crippen MR) is 126 cm³/mol. The third-order valence-electron chi connectivity index (χ3n) is 5.62. The number of carbonyl (C=O) groups excluding carboxylic acids is 1. The minimum atomic E-state index is -3.68. The van der Waals surface area contributed by atoms with E-state index in [1.54, 1.807) is 23.1 Å². The van der Waals surface area contributed by atoms with Gasteiger partial charge in [0.1, 0.15) is 10.6 Å². The smallest absolute Gasteiger partial charge is 0.246 e. The van der Waals surface area contributed by atoms with Gasteiger partial charge in [-0.3, -0.25) is 4.79 Å². The van der Waals surface area contributed by atoms with Gasteiger partial charge >= 0.3 is 0 Å². The van der Waals surface area contributed by atoms with Gasteiger partial charge in [0, 0.05) is 41.8 Å². The number of rotatable bonds is 6. The Labute approximate surface area is 187 Å². The molecule has 2 heterocycles. The van der Waals surface area contributed by atoms with Gasteiger partial charge < -0.3 is 14.6 Å². The molecule has 4 rings (SSSR count). The molecule has 2 aromatic carbocycles. The Morgan fingerprint density at radius 3 is 2.75 bits per heavy atom. The number of sulfonamides is 1. The highest BCUT2D eigenvalue weighted by Gasteiger charge is 2.19. The Morgan fingerprint density at radius 1 is 1.22 bits per heavy atom. The van der Waals surface area contributed by atoms with Crippen LogP contribution in [0.15, 0.2) is 65.7 Å². The SMILES string of the molecule is CNS(=O)(=O)c1cc(/C=C/C(=O)N2CC=C(c3c[nH]c4ccccc34)CC2)ccc1OC. The van der Waals surface area contributed by atoms with Crippen LogP contribution in [-0.4, -0.2) is 51.5 Å². The van der Waals surface area contributed by atoms with Crippen molar-refractivity contribution in [1.82, 2.24) is 14.6 Å². The number of aromatic amines is 1. The molecule has 2 N–H and O–H groups in total. The summed E-state index contributed by atoms with van der Waals surface area (Å²) < 4.78 is 31.9. The topological polar surface area (TPSA) is 91.5 Å². The molecule has 0 unspecified atom stereocenters. The van der Waals surface area contributed by atoms with Crippen LogP contribution in [0.4, 0.5) is 0 Å². The van der Waals surface area contributed by atoms with E-state index in [1.165, 1.54) is 42.8 Å². The largest absolute Gasteiger partial charge is 0.495 e. The summed E-state index contributed by atoms with van der Waals surface area (Å²) in [6.07, 6.45) is 7.98. The molecular formula is C24H25N3O4S. The maximum Gasteiger partial charge on any atom is 0.246 e. The van der Waals surface area contributed by atoms with Crippen molar-refractivity contribution in [3.05, 3.63) is 71.9 Å². The first-order chi connectivity index (χ1) is 15.4. The number of aromatic nitrogens is 1. The van der Waals surface area contributed by atoms with E-state index in [9.17, 15) is 13.2 Å². The second-order valence-electron chi connectivity index (χ2n) is 7.46. The second kappa shape index (κ2) is 9.02. The lowest BCUT2D eigenvalue weighted by Gasteiger charge is -2.25. The summed E-state index contributed by atoms with van der Waals surface area (Å²) in [5, 5.41) is 1.19. The van der Waals surface area contributed by atoms with E-state index in [4.69, 9.17) is 4.74 Å². The van der Waals surface area contributed by atoms with E-state index in [2.05, 4.69) is 27.9 Å². The molecule has 0 saturated heterocycles. The molecule has 0 radical (unpaired) electrons. The van der Waals surface area contributed by atoms with Crippen LogP contribution in [0.3, 0.4) is 0 Å². The first-order valence-corrected chi connectivity index (χ1v) is 11.8. The van der Waals surface area contributed by atoms with Crippen LogP contribution in [0.5, 0.6) is 5.75 Å². The number of hydrogen-bond donors (Lipinski definition) is 2. The lowest BCUT2D eigenvalue weighted by Crippen LogP contribution is -2.33. The van der Waals surface area contributed by atoms with Crippen molar-refractivity contribution >= 4 is 38.5 Å². The van der Waals surface area contributed by atoms with Crippen LogP contribution in [0, 0.1) is 0 Å². The number of nitrogens with one attached hydrogen (secondary N) is 2. The van der Waals surface area contributed by atoms with Gasteiger partial charge in [0.15, 0.2) is 0 Å². The van der Waals surface area contributed by atoms with E-state index in [-0.39, 0.29) is 16.6 Å². The number of amides is 1. The maximum absolute atomic E-state index is 12.7. The minimum Gasteiger partial charge on any atom is -0.495 e. The lowest BCUT2D eigenvalue weighted by atomic mass is 9.99. The number of hydrogen-bond acceptors (Lipinski definition) is 4. The van der Waals surface area contributed by atoms with Crippen molar-refractivity contribution in [1.29, 1.82) is 0 Å². The van der Waals surface area contributed by atoms with Gasteiger partial charge in [-0.2, -0.15) is 0 Å². The van der Waals surface area contributed by atoms with E-state index in [0.717, 1.165) is 11.9 Å². The molecule has 8 heteroatoms. The van der Waals surface area contributed by atoms with Gasteiger partial charge in [-0.1, -0.05) is 30.3 Å². The van der Waals surface area contributed by atoms with Gasteiger partial charge in [0.05, 0.1) is 7.11 Å². The number of methoxy groups -OCH3 is 1. The fourth-order valence-corrected chi connectivity index (χ4v) is 4.77. The Bertz CT molecular complexity index is 1320. The van der Waals surface area contributed by atoms with Gasteiger partial charge in [-0.05, 0) is 48.9 Å². The predicted octanol–water partition coefficient (Wildman–Crippen LogP) is 3.41. The summed E-state index contributed by atoms with van der Waals surface area (Å²) >= 11 is 0. The van der Waals surface area contributed by atoms with E-state index >= 15 is 0 Å². The average molecular weight is 452 g/mol. The maximum atomic E-state index is 12.7. The highest BCUT2D eigenvalue weighted by atomic mass is 32.2. The second-order valence-corrected chi connectivity index (χ2v) is 9.32. The summed E-state index contributed by atoms with van der Waals surface area (Å²) in [6, 6.07) is 12.9. The zero-order chi connectivity index (χ0) is 22.7. The highest BCUT2D eigenvalue weighted by molar-refractivity contribution is 7.89. The molecule has 0 saturated carbocycles. The fourth-order valence-electron chi connectivity index (χ4n) is 3.84. The molecule has 0 spiro atoms. The van der Waals surface area contributed by atoms with Crippen LogP contribution in [-0.2, 0) is 14.8 Å². The number of ether oxygens (including phenoxy) is 1. The number of nitrogens with zero attached hydrogens (tertiary/aromatic N) is 1. The summed E-state index contributed by atoms with van der Waals surface area (Å²) in [5.41, 5.74) is 4.11. The monoisotopic (exact) mass is 451 g/mol. The number of carbonyl (C=O) groups is 1. The zero-order valence-electron chi connectivity index (χ0n) is 18.0. The van der Waals surface area contributed by atoms with Gasteiger partial charge in [-0.25, -0.2) is 13.1 Å².